The molecule has 1 aromatic carbocycles. The third-order valence-corrected chi connectivity index (χ3v) is 3.65. The molecule has 0 N–H and O–H groups in total. The van der Waals surface area contributed by atoms with Gasteiger partial charge in [0.25, 0.3) is 0 Å². The molecule has 0 aliphatic carbocycles. The predicted molar refractivity (Wildman–Crippen MR) is 78.4 cm³/mol. The molecule has 0 aliphatic heterocycles. The molecule has 0 spiro atoms. The van der Waals surface area contributed by atoms with Crippen LogP contribution in [-0.2, 0) is 0 Å². The van der Waals surface area contributed by atoms with Crippen LogP contribution in [-0.4, -0.2) is 9.97 Å². The van der Waals surface area contributed by atoms with Crippen LogP contribution in [0.1, 0.15) is 11.1 Å². The van der Waals surface area contributed by atoms with Crippen LogP contribution >= 0.6 is 22.9 Å². The number of rotatable bonds is 2. The van der Waals surface area contributed by atoms with Gasteiger partial charge < -0.3 is 4.74 Å². The molecule has 0 aliphatic rings. The monoisotopic (exact) mass is 290 g/mol. The van der Waals surface area contributed by atoms with Crippen molar-refractivity contribution in [3.63, 3.8) is 0 Å². The zero-order chi connectivity index (χ0) is 13.4. The van der Waals surface area contributed by atoms with Crippen LogP contribution in [0.25, 0.3) is 10.2 Å². The van der Waals surface area contributed by atoms with Crippen LogP contribution in [0, 0.1) is 13.8 Å². The van der Waals surface area contributed by atoms with Gasteiger partial charge in [-0.2, -0.15) is 4.98 Å². The number of benzene rings is 1. The minimum Gasteiger partial charge on any atom is -0.438 e. The van der Waals surface area contributed by atoms with E-state index in [1.165, 1.54) is 11.3 Å². The molecule has 0 atom stereocenters. The van der Waals surface area contributed by atoms with E-state index < -0.39 is 0 Å². The second-order valence-electron chi connectivity index (χ2n) is 4.36. The molecule has 5 heteroatoms. The Kier molecular flexibility index (Phi) is 3.12. The van der Waals surface area contributed by atoms with Crippen molar-refractivity contribution < 1.29 is 4.74 Å². The van der Waals surface area contributed by atoms with Crippen molar-refractivity contribution in [2.24, 2.45) is 0 Å². The van der Waals surface area contributed by atoms with Crippen LogP contribution in [0.15, 0.2) is 29.6 Å². The number of fused-ring (bicyclic) bond motifs is 1. The van der Waals surface area contributed by atoms with Gasteiger partial charge in [-0.25, -0.2) is 4.98 Å². The van der Waals surface area contributed by atoms with Gasteiger partial charge in [0.1, 0.15) is 10.6 Å². The van der Waals surface area contributed by atoms with Crippen LogP contribution in [0.5, 0.6) is 11.6 Å². The van der Waals surface area contributed by atoms with E-state index in [1.807, 2.05) is 37.4 Å². The highest BCUT2D eigenvalue weighted by atomic mass is 35.5. The first-order chi connectivity index (χ1) is 9.11. The first kappa shape index (κ1) is 12.4. The molecule has 0 bridgehead atoms. The Morgan fingerprint density at radius 1 is 1.11 bits per heavy atom. The van der Waals surface area contributed by atoms with Crippen LogP contribution < -0.4 is 4.74 Å². The highest BCUT2D eigenvalue weighted by Crippen LogP contribution is 2.31. The van der Waals surface area contributed by atoms with E-state index in [1.54, 1.807) is 0 Å². The van der Waals surface area contributed by atoms with Gasteiger partial charge in [0.05, 0.1) is 5.39 Å². The normalized spacial score (nSPS) is 10.9. The Morgan fingerprint density at radius 3 is 2.58 bits per heavy atom. The van der Waals surface area contributed by atoms with Gasteiger partial charge in [-0.1, -0.05) is 6.07 Å². The molecule has 2 aromatic heterocycles. The van der Waals surface area contributed by atoms with Crippen molar-refractivity contribution in [1.29, 1.82) is 0 Å². The summed E-state index contributed by atoms with van der Waals surface area (Å²) >= 11 is 7.43. The smallest absolute Gasteiger partial charge is 0.232 e. The Hall–Kier alpha value is -1.65. The van der Waals surface area contributed by atoms with Crippen molar-refractivity contribution in [3.05, 3.63) is 46.1 Å². The van der Waals surface area contributed by atoms with E-state index in [4.69, 9.17) is 16.3 Å². The second kappa shape index (κ2) is 4.79. The topological polar surface area (TPSA) is 35.0 Å². The van der Waals surface area contributed by atoms with Crippen molar-refractivity contribution in [1.82, 2.24) is 9.97 Å². The molecule has 96 valence electrons. The Balaban J connectivity index is 2.07. The third kappa shape index (κ3) is 2.55. The Morgan fingerprint density at radius 2 is 1.84 bits per heavy atom. The summed E-state index contributed by atoms with van der Waals surface area (Å²) in [4.78, 5) is 9.17. The maximum Gasteiger partial charge on any atom is 0.232 e. The molecule has 0 saturated heterocycles. The van der Waals surface area contributed by atoms with Crippen molar-refractivity contribution in [2.45, 2.75) is 13.8 Å². The molecule has 0 fully saturated rings. The summed E-state index contributed by atoms with van der Waals surface area (Å²) in [6.07, 6.45) is 0. The van der Waals surface area contributed by atoms with Crippen molar-refractivity contribution >= 4 is 33.2 Å². The summed E-state index contributed by atoms with van der Waals surface area (Å²) in [5.74, 6) is 1.26. The van der Waals surface area contributed by atoms with E-state index in [-0.39, 0.29) is 5.28 Å². The van der Waals surface area contributed by atoms with Gasteiger partial charge >= 0.3 is 0 Å². The first-order valence-corrected chi connectivity index (χ1v) is 7.04. The van der Waals surface area contributed by atoms with E-state index >= 15 is 0 Å². The number of aromatic nitrogens is 2. The largest absolute Gasteiger partial charge is 0.438 e. The number of aryl methyl sites for hydroxylation is 2. The Bertz CT molecular complexity index is 734. The maximum absolute atomic E-state index is 5.91. The van der Waals surface area contributed by atoms with Crippen molar-refractivity contribution in [3.8, 4) is 11.6 Å². The fourth-order valence-corrected chi connectivity index (χ4v) is 2.95. The first-order valence-electron chi connectivity index (χ1n) is 5.79. The lowest BCUT2D eigenvalue weighted by atomic mass is 10.1. The Labute approximate surface area is 119 Å². The zero-order valence-electron chi connectivity index (χ0n) is 10.5. The lowest BCUT2D eigenvalue weighted by Gasteiger charge is -2.08. The number of hydrogen-bond donors (Lipinski definition) is 0. The number of nitrogens with zero attached hydrogens (tertiary/aromatic N) is 2. The molecule has 3 nitrogen and oxygen atoms in total. The lowest BCUT2D eigenvalue weighted by molar-refractivity contribution is 0.467. The van der Waals surface area contributed by atoms with E-state index in [9.17, 15) is 0 Å². The lowest BCUT2D eigenvalue weighted by Crippen LogP contribution is -1.92. The maximum atomic E-state index is 5.91. The SMILES string of the molecule is Cc1cc(C)cc(Oc2nc(Cl)nc3sccc23)c1. The molecule has 0 amide bonds. The molecule has 0 saturated carbocycles. The van der Waals surface area contributed by atoms with E-state index in [2.05, 4.69) is 16.0 Å². The fraction of sp³-hybridized carbons (Fsp3) is 0.143. The summed E-state index contributed by atoms with van der Waals surface area (Å²) < 4.78 is 5.86. The number of hydrogen-bond acceptors (Lipinski definition) is 4. The van der Waals surface area contributed by atoms with Gasteiger partial charge in [-0.3, -0.25) is 0 Å². The quantitative estimate of drug-likeness (QED) is 0.639. The molecule has 3 aromatic rings. The molecule has 19 heavy (non-hydrogen) atoms. The summed E-state index contributed by atoms with van der Waals surface area (Å²) in [5, 5.41) is 3.03. The molecular weight excluding hydrogens is 280 g/mol. The minimum absolute atomic E-state index is 0.203. The van der Waals surface area contributed by atoms with Gasteiger partial charge in [-0.15, -0.1) is 11.3 Å². The summed E-state index contributed by atoms with van der Waals surface area (Å²) in [7, 11) is 0. The second-order valence-corrected chi connectivity index (χ2v) is 5.60. The van der Waals surface area contributed by atoms with Gasteiger partial charge in [0.2, 0.25) is 11.2 Å². The number of halogens is 1. The third-order valence-electron chi connectivity index (χ3n) is 2.67. The average molecular weight is 291 g/mol. The van der Waals surface area contributed by atoms with Gasteiger partial charge in [0.15, 0.2) is 0 Å². The van der Waals surface area contributed by atoms with Crippen LogP contribution in [0.2, 0.25) is 5.28 Å². The highest BCUT2D eigenvalue weighted by Gasteiger charge is 2.10. The molecule has 0 unspecified atom stereocenters. The average Bonchev–Trinajstić information content (AvgIpc) is 2.75. The van der Waals surface area contributed by atoms with E-state index in [0.717, 1.165) is 27.1 Å². The molecular formula is C14H11ClN2OS. The van der Waals surface area contributed by atoms with Gasteiger partial charge in [0, 0.05) is 0 Å². The van der Waals surface area contributed by atoms with Crippen LogP contribution in [0.4, 0.5) is 0 Å². The molecule has 0 radical (unpaired) electrons. The zero-order valence-corrected chi connectivity index (χ0v) is 12.0. The minimum atomic E-state index is 0.203. The standard InChI is InChI=1S/C14H11ClN2OS/c1-8-5-9(2)7-10(6-8)18-12-11-3-4-19-13(11)17-14(15)16-12/h3-7H,1-2H3. The van der Waals surface area contributed by atoms with Crippen molar-refractivity contribution in [2.75, 3.05) is 0 Å². The predicted octanol–water partition coefficient (Wildman–Crippen LogP) is 4.75. The summed E-state index contributed by atoms with van der Waals surface area (Å²) in [5.41, 5.74) is 2.30. The highest BCUT2D eigenvalue weighted by molar-refractivity contribution is 7.16. The number of ether oxygens (including phenoxy) is 1. The van der Waals surface area contributed by atoms with E-state index in [0.29, 0.717) is 5.88 Å². The fourth-order valence-electron chi connectivity index (χ4n) is 1.98. The van der Waals surface area contributed by atoms with Gasteiger partial charge in [-0.05, 0) is 60.2 Å². The summed E-state index contributed by atoms with van der Waals surface area (Å²) in [6, 6.07) is 7.98. The van der Waals surface area contributed by atoms with Crippen LogP contribution in [0.3, 0.4) is 0 Å². The number of thiophene rings is 1. The molecule has 3 rings (SSSR count). The summed E-state index contributed by atoms with van der Waals surface area (Å²) in [6.45, 7) is 4.07. The molecule has 2 heterocycles.